The van der Waals surface area contributed by atoms with E-state index in [-0.39, 0.29) is 33.0 Å². The fourth-order valence-electron chi connectivity index (χ4n) is 12.8. The third-order valence-electron chi connectivity index (χ3n) is 15.0. The highest BCUT2D eigenvalue weighted by atomic mass is 16.4. The Balaban J connectivity index is 1.35. The molecule has 44 heavy (non-hydrogen) atoms. The van der Waals surface area contributed by atoms with Gasteiger partial charge in [-0.05, 0) is 139 Å². The monoisotopic (exact) mass is 600 g/mol. The summed E-state index contributed by atoms with van der Waals surface area (Å²) in [6, 6.07) is 7.53. The van der Waals surface area contributed by atoms with Crippen LogP contribution in [0, 0.1) is 56.7 Å². The Hall–Kier alpha value is -2.40. The summed E-state index contributed by atoms with van der Waals surface area (Å²) in [5.41, 5.74) is 10.3. The van der Waals surface area contributed by atoms with E-state index < -0.39 is 5.97 Å². The number of allylic oxidation sites excluding steroid dienone is 3. The molecule has 4 fully saturated rings. The first kappa shape index (κ1) is 31.6. The maximum atomic E-state index is 13.9. The van der Waals surface area contributed by atoms with Gasteiger partial charge >= 0.3 is 5.97 Å². The lowest BCUT2D eigenvalue weighted by molar-refractivity contribution is -0.225. The molecule has 0 spiro atoms. The topological polar surface area (TPSA) is 92.4 Å². The zero-order valence-corrected chi connectivity index (χ0v) is 28.1. The summed E-state index contributed by atoms with van der Waals surface area (Å²) >= 11 is 0. The van der Waals surface area contributed by atoms with Crippen molar-refractivity contribution < 1.29 is 14.7 Å². The van der Waals surface area contributed by atoms with Gasteiger partial charge in [-0.1, -0.05) is 65.0 Å². The minimum Gasteiger partial charge on any atom is -0.478 e. The number of hydrogen-bond acceptors (Lipinski definition) is 3. The van der Waals surface area contributed by atoms with Crippen LogP contribution in [-0.2, 0) is 4.79 Å². The maximum Gasteiger partial charge on any atom is 0.335 e. The number of carboxylic acids is 1. The highest BCUT2D eigenvalue weighted by Gasteiger charge is 2.71. The fraction of sp³-hybridized carbons (Fsp3) is 0.692. The van der Waals surface area contributed by atoms with E-state index in [9.17, 15) is 14.7 Å². The van der Waals surface area contributed by atoms with E-state index in [0.29, 0.717) is 48.2 Å². The molecule has 9 atom stereocenters. The molecule has 0 heterocycles. The lowest BCUT2D eigenvalue weighted by Gasteiger charge is -2.72. The number of aromatic carboxylic acids is 1. The fourth-order valence-corrected chi connectivity index (χ4v) is 12.8. The predicted molar refractivity (Wildman–Crippen MR) is 178 cm³/mol. The van der Waals surface area contributed by atoms with Gasteiger partial charge in [-0.2, -0.15) is 0 Å². The number of carbonyl (C=O) groups is 2. The Labute approximate surface area is 265 Å². The van der Waals surface area contributed by atoms with E-state index in [1.807, 2.05) is 12.1 Å². The van der Waals surface area contributed by atoms with Crippen molar-refractivity contribution >= 4 is 17.4 Å². The largest absolute Gasteiger partial charge is 0.478 e. The lowest BCUT2D eigenvalue weighted by atomic mass is 9.32. The summed E-state index contributed by atoms with van der Waals surface area (Å²) in [7, 11) is 0. The number of carbonyl (C=O) groups excluding carboxylic acids is 1. The van der Waals surface area contributed by atoms with Gasteiger partial charge in [-0.15, -0.1) is 0 Å². The number of fused-ring (bicyclic) bond motifs is 7. The number of benzene rings is 1. The van der Waals surface area contributed by atoms with Crippen LogP contribution in [-0.4, -0.2) is 30.1 Å². The minimum atomic E-state index is -0.875. The third kappa shape index (κ3) is 4.19. The van der Waals surface area contributed by atoms with Crippen LogP contribution in [0.2, 0.25) is 0 Å². The summed E-state index contributed by atoms with van der Waals surface area (Å²) < 4.78 is 0. The van der Waals surface area contributed by atoms with Crippen LogP contribution in [0.1, 0.15) is 115 Å². The van der Waals surface area contributed by atoms with Gasteiger partial charge in [0, 0.05) is 13.1 Å². The number of rotatable bonds is 6. The van der Waals surface area contributed by atoms with E-state index >= 15 is 0 Å². The Morgan fingerprint density at radius 2 is 1.64 bits per heavy atom. The van der Waals surface area contributed by atoms with Crippen LogP contribution < -0.4 is 11.1 Å². The highest BCUT2D eigenvalue weighted by Crippen LogP contribution is 2.77. The zero-order valence-electron chi connectivity index (χ0n) is 28.1. The molecule has 1 amide bonds. The maximum absolute atomic E-state index is 13.9. The first-order chi connectivity index (χ1) is 20.7. The highest BCUT2D eigenvalue weighted by molar-refractivity contribution is 5.88. The van der Waals surface area contributed by atoms with Crippen molar-refractivity contribution in [2.45, 2.75) is 99.3 Å². The number of nitrogens with two attached hydrogens (primary N) is 1. The lowest BCUT2D eigenvalue weighted by Crippen LogP contribution is -2.66. The number of hydrogen-bond donors (Lipinski definition) is 3. The summed E-state index contributed by atoms with van der Waals surface area (Å²) in [5, 5.41) is 12.7. The SMILES string of the molecule is C=C(C)[C@@H]1CC[C@]2(C(=O)NCCN)CC[C@]3(C)[C@H](CC[C@@H]4[C@@]5(C)CC=C(c6ccc(C(=O)O)cc6)C(C)(C)[C@@H]5CC[C@]43C)[C@@H]12. The van der Waals surface area contributed by atoms with Crippen molar-refractivity contribution in [1.82, 2.24) is 5.32 Å². The van der Waals surface area contributed by atoms with Crippen molar-refractivity contribution in [2.24, 2.45) is 62.4 Å². The average Bonchev–Trinajstić information content (AvgIpc) is 3.37. The summed E-state index contributed by atoms with van der Waals surface area (Å²) in [5.74, 6) is 1.88. The number of carboxylic acid groups (broad SMARTS) is 1. The molecule has 0 aliphatic heterocycles. The summed E-state index contributed by atoms with van der Waals surface area (Å²) in [6.45, 7) is 20.5. The van der Waals surface area contributed by atoms with Crippen molar-refractivity contribution in [3.63, 3.8) is 0 Å². The van der Waals surface area contributed by atoms with E-state index in [4.69, 9.17) is 5.73 Å². The van der Waals surface area contributed by atoms with E-state index in [0.717, 1.165) is 37.7 Å². The van der Waals surface area contributed by atoms with Crippen molar-refractivity contribution in [3.8, 4) is 0 Å². The molecule has 5 aliphatic rings. The molecular formula is C39H56N2O3. The molecule has 0 bridgehead atoms. The molecule has 5 aliphatic carbocycles. The quantitative estimate of drug-likeness (QED) is 0.288. The Morgan fingerprint density at radius 3 is 2.27 bits per heavy atom. The Kier molecular flexibility index (Phi) is 7.59. The molecule has 5 nitrogen and oxygen atoms in total. The van der Waals surface area contributed by atoms with Gasteiger partial charge in [0.25, 0.3) is 0 Å². The Bertz CT molecular complexity index is 1380. The van der Waals surface area contributed by atoms with Gasteiger partial charge in [-0.25, -0.2) is 4.79 Å². The smallest absolute Gasteiger partial charge is 0.335 e. The first-order valence-corrected chi connectivity index (χ1v) is 17.4. The number of amides is 1. The van der Waals surface area contributed by atoms with Crippen molar-refractivity contribution in [3.05, 3.63) is 53.6 Å². The van der Waals surface area contributed by atoms with E-state index in [1.54, 1.807) is 12.1 Å². The van der Waals surface area contributed by atoms with Crippen molar-refractivity contribution in [1.29, 1.82) is 0 Å². The van der Waals surface area contributed by atoms with Crippen LogP contribution in [0.15, 0.2) is 42.5 Å². The molecule has 4 saturated carbocycles. The molecule has 1 aromatic carbocycles. The number of nitrogens with one attached hydrogen (secondary N) is 1. The third-order valence-corrected chi connectivity index (χ3v) is 15.0. The molecule has 0 aromatic heterocycles. The van der Waals surface area contributed by atoms with Gasteiger partial charge in [0.1, 0.15) is 0 Å². The molecule has 240 valence electrons. The minimum absolute atomic E-state index is 0.00385. The molecule has 1 aromatic rings. The van der Waals surface area contributed by atoms with Crippen LogP contribution >= 0.6 is 0 Å². The second-order valence-corrected chi connectivity index (χ2v) is 16.8. The van der Waals surface area contributed by atoms with Gasteiger partial charge in [0.2, 0.25) is 5.91 Å². The second-order valence-electron chi connectivity index (χ2n) is 16.8. The van der Waals surface area contributed by atoms with E-state index in [2.05, 4.69) is 59.5 Å². The van der Waals surface area contributed by atoms with Gasteiger partial charge < -0.3 is 16.2 Å². The zero-order chi connectivity index (χ0) is 31.9. The normalized spacial score (nSPS) is 42.2. The summed E-state index contributed by atoms with van der Waals surface area (Å²) in [6.07, 6.45) is 12.6. The molecule has 5 heteroatoms. The molecule has 0 unspecified atom stereocenters. The summed E-state index contributed by atoms with van der Waals surface area (Å²) in [4.78, 5) is 25.4. The molecular weight excluding hydrogens is 544 g/mol. The first-order valence-electron chi connectivity index (χ1n) is 17.4. The molecule has 6 rings (SSSR count). The second kappa shape index (κ2) is 10.6. The molecule has 0 radical (unpaired) electrons. The van der Waals surface area contributed by atoms with E-state index in [1.165, 1.54) is 36.8 Å². The van der Waals surface area contributed by atoms with Gasteiger partial charge in [-0.3, -0.25) is 4.79 Å². The standard InChI is InChI=1S/C39H56N2O3/c1-24(2)27-14-19-39(34(44)41-23-22-40)21-20-37(6)29(32(27)39)12-13-31-36(5)17-15-28(25-8-10-26(11-9-25)33(42)43)35(3,4)30(36)16-18-38(31,37)7/h8-11,15,27,29-32H,1,12-14,16-23,40H2,2-7H3,(H,41,44)(H,42,43)/t27-,29+,30-,31+,32+,36-,37+,38+,39-/m0/s1. The van der Waals surface area contributed by atoms with Gasteiger partial charge in [0.15, 0.2) is 0 Å². The average molecular weight is 601 g/mol. The molecule has 4 N–H and O–H groups in total. The van der Waals surface area contributed by atoms with Gasteiger partial charge in [0.05, 0.1) is 11.0 Å². The van der Waals surface area contributed by atoms with Crippen LogP contribution in [0.3, 0.4) is 0 Å². The van der Waals surface area contributed by atoms with Crippen LogP contribution in [0.4, 0.5) is 0 Å². The Morgan fingerprint density at radius 1 is 0.932 bits per heavy atom. The van der Waals surface area contributed by atoms with Crippen LogP contribution in [0.25, 0.3) is 5.57 Å². The molecule has 0 saturated heterocycles. The van der Waals surface area contributed by atoms with Crippen LogP contribution in [0.5, 0.6) is 0 Å². The van der Waals surface area contributed by atoms with Crippen molar-refractivity contribution in [2.75, 3.05) is 13.1 Å². The predicted octanol–water partition coefficient (Wildman–Crippen LogP) is 8.11.